The highest BCUT2D eigenvalue weighted by Gasteiger charge is 2.54. The fourth-order valence-corrected chi connectivity index (χ4v) is 4.84. The minimum Gasteiger partial charge on any atom is -0.381 e. The molecule has 1 aromatic heterocycles. The monoisotopic (exact) mass is 375 g/mol. The second-order valence-corrected chi connectivity index (χ2v) is 8.08. The van der Waals surface area contributed by atoms with Crippen molar-refractivity contribution in [3.8, 4) is 0 Å². The van der Waals surface area contributed by atoms with Crippen LogP contribution in [0.4, 0.5) is 0 Å². The summed E-state index contributed by atoms with van der Waals surface area (Å²) in [5.41, 5.74) is -0.509. The van der Waals surface area contributed by atoms with E-state index in [1.54, 1.807) is 12.4 Å². The number of piperidine rings is 2. The molecule has 0 aromatic carbocycles. The Balaban J connectivity index is 1.58. The van der Waals surface area contributed by atoms with Gasteiger partial charge in [-0.2, -0.15) is 0 Å². The van der Waals surface area contributed by atoms with Crippen molar-refractivity contribution < 1.29 is 14.3 Å². The first-order valence-electron chi connectivity index (χ1n) is 9.98. The van der Waals surface area contributed by atoms with Gasteiger partial charge in [-0.3, -0.25) is 9.59 Å². The topological polar surface area (TPSA) is 90.6 Å². The second-order valence-electron chi connectivity index (χ2n) is 8.08. The number of nitrogens with zero attached hydrogens (tertiary/aromatic N) is 3. The van der Waals surface area contributed by atoms with Crippen molar-refractivity contribution in [1.82, 2.24) is 25.1 Å². The van der Waals surface area contributed by atoms with Crippen molar-refractivity contribution in [2.45, 2.75) is 44.2 Å². The van der Waals surface area contributed by atoms with Gasteiger partial charge in [-0.05, 0) is 45.7 Å². The lowest BCUT2D eigenvalue weighted by Gasteiger charge is -2.53. The van der Waals surface area contributed by atoms with Crippen LogP contribution in [-0.4, -0.2) is 83.6 Å². The zero-order valence-corrected chi connectivity index (χ0v) is 15.9. The van der Waals surface area contributed by atoms with Crippen LogP contribution in [0.1, 0.15) is 42.7 Å². The third kappa shape index (κ3) is 3.48. The number of ether oxygens (including phenoxy) is 1. The smallest absolute Gasteiger partial charge is 0.289 e. The molecule has 2 N–H and O–H groups in total. The molecular formula is C19H29N5O3. The van der Waals surface area contributed by atoms with Gasteiger partial charge >= 0.3 is 0 Å². The Bertz CT molecular complexity index is 673. The van der Waals surface area contributed by atoms with Crippen LogP contribution in [0.25, 0.3) is 0 Å². The van der Waals surface area contributed by atoms with E-state index in [0.29, 0.717) is 32.1 Å². The van der Waals surface area contributed by atoms with Crippen LogP contribution in [0.3, 0.4) is 0 Å². The predicted molar refractivity (Wildman–Crippen MR) is 99.2 cm³/mol. The average Bonchev–Trinajstić information content (AvgIpc) is 3.22. The Kier molecular flexibility index (Phi) is 5.19. The highest BCUT2D eigenvalue weighted by molar-refractivity contribution is 5.92. The SMILES string of the molecule is CN1CC[C@]2(C(=O)NC3CCOCC3)CCCN(C(=O)c3ncc[nH]3)[C@@H]2C1. The van der Waals surface area contributed by atoms with Gasteiger partial charge in [0.25, 0.3) is 5.91 Å². The predicted octanol–water partition coefficient (Wildman–Crippen LogP) is 0.631. The number of hydrogen-bond donors (Lipinski definition) is 2. The molecule has 3 fully saturated rings. The molecule has 4 rings (SSSR count). The van der Waals surface area contributed by atoms with Gasteiger partial charge in [-0.15, -0.1) is 0 Å². The van der Waals surface area contributed by atoms with Gasteiger partial charge < -0.3 is 24.8 Å². The van der Waals surface area contributed by atoms with Gasteiger partial charge in [-0.25, -0.2) is 4.98 Å². The summed E-state index contributed by atoms with van der Waals surface area (Å²) in [4.78, 5) is 37.6. The summed E-state index contributed by atoms with van der Waals surface area (Å²) >= 11 is 0. The molecule has 148 valence electrons. The molecule has 1 aromatic rings. The third-order valence-corrected chi connectivity index (χ3v) is 6.43. The molecule has 0 bridgehead atoms. The van der Waals surface area contributed by atoms with Crippen LogP contribution < -0.4 is 5.32 Å². The molecule has 4 heterocycles. The van der Waals surface area contributed by atoms with E-state index < -0.39 is 5.41 Å². The number of amides is 2. The first-order chi connectivity index (χ1) is 13.1. The summed E-state index contributed by atoms with van der Waals surface area (Å²) in [6, 6.07) is 0.0551. The van der Waals surface area contributed by atoms with E-state index in [9.17, 15) is 9.59 Å². The molecule has 0 unspecified atom stereocenters. The summed E-state index contributed by atoms with van der Waals surface area (Å²) in [5.74, 6) is 0.358. The highest BCUT2D eigenvalue weighted by Crippen LogP contribution is 2.43. The van der Waals surface area contributed by atoms with Gasteiger partial charge in [-0.1, -0.05) is 0 Å². The lowest BCUT2D eigenvalue weighted by atomic mass is 9.67. The summed E-state index contributed by atoms with van der Waals surface area (Å²) < 4.78 is 5.41. The van der Waals surface area contributed by atoms with E-state index in [4.69, 9.17) is 4.74 Å². The molecular weight excluding hydrogens is 346 g/mol. The van der Waals surface area contributed by atoms with Gasteiger partial charge in [0.2, 0.25) is 5.91 Å². The van der Waals surface area contributed by atoms with Crippen LogP contribution >= 0.6 is 0 Å². The number of likely N-dealkylation sites (tertiary alicyclic amines) is 2. The van der Waals surface area contributed by atoms with Gasteiger partial charge in [0.05, 0.1) is 11.5 Å². The van der Waals surface area contributed by atoms with Crippen molar-refractivity contribution in [1.29, 1.82) is 0 Å². The van der Waals surface area contributed by atoms with Crippen molar-refractivity contribution in [2.75, 3.05) is 39.9 Å². The maximum Gasteiger partial charge on any atom is 0.289 e. The number of hydrogen-bond acceptors (Lipinski definition) is 5. The largest absolute Gasteiger partial charge is 0.381 e. The van der Waals surface area contributed by atoms with Gasteiger partial charge in [0, 0.05) is 44.7 Å². The number of fused-ring (bicyclic) bond motifs is 1. The standard InChI is InChI=1S/C19H29N5O3/c1-23-10-6-19(18(26)22-14-3-11-27-12-4-14)5-2-9-24(15(19)13-23)17(25)16-20-7-8-21-16/h7-8,14-15H,2-6,9-13H2,1H3,(H,20,21)(H,22,26)/t15-,19-/m1/s1. The molecule has 8 heteroatoms. The number of aromatic amines is 1. The molecule has 3 aliphatic rings. The number of imidazole rings is 1. The number of nitrogens with one attached hydrogen (secondary N) is 2. The molecule has 27 heavy (non-hydrogen) atoms. The van der Waals surface area contributed by atoms with Crippen LogP contribution in [0, 0.1) is 5.41 Å². The average molecular weight is 375 g/mol. The van der Waals surface area contributed by atoms with E-state index in [2.05, 4.69) is 27.2 Å². The Morgan fingerprint density at radius 2 is 2.11 bits per heavy atom. The van der Waals surface area contributed by atoms with Gasteiger partial charge in [0.15, 0.2) is 5.82 Å². The Morgan fingerprint density at radius 1 is 1.30 bits per heavy atom. The number of H-pyrrole nitrogens is 1. The maximum atomic E-state index is 13.5. The van der Waals surface area contributed by atoms with Crippen molar-refractivity contribution in [3.63, 3.8) is 0 Å². The molecule has 2 atom stereocenters. The van der Waals surface area contributed by atoms with Crippen molar-refractivity contribution in [3.05, 3.63) is 18.2 Å². The Morgan fingerprint density at radius 3 is 2.85 bits per heavy atom. The van der Waals surface area contributed by atoms with Crippen molar-refractivity contribution in [2.24, 2.45) is 5.41 Å². The molecule has 3 saturated heterocycles. The van der Waals surface area contributed by atoms with Crippen LogP contribution in [0.2, 0.25) is 0 Å². The lowest BCUT2D eigenvalue weighted by Crippen LogP contribution is -2.67. The fraction of sp³-hybridized carbons (Fsp3) is 0.737. The highest BCUT2D eigenvalue weighted by atomic mass is 16.5. The van der Waals surface area contributed by atoms with Crippen molar-refractivity contribution >= 4 is 11.8 Å². The second kappa shape index (κ2) is 7.59. The third-order valence-electron chi connectivity index (χ3n) is 6.43. The molecule has 0 saturated carbocycles. The zero-order chi connectivity index (χ0) is 18.9. The Hall–Kier alpha value is -1.93. The summed E-state index contributed by atoms with van der Waals surface area (Å²) in [5, 5.41) is 3.29. The molecule has 0 aliphatic carbocycles. The molecule has 0 radical (unpaired) electrons. The van der Waals surface area contributed by atoms with Crippen LogP contribution in [-0.2, 0) is 9.53 Å². The Labute approximate surface area is 159 Å². The van der Waals surface area contributed by atoms with E-state index in [1.807, 2.05) is 4.90 Å². The van der Waals surface area contributed by atoms with E-state index in [1.165, 1.54) is 0 Å². The van der Waals surface area contributed by atoms with Gasteiger partial charge in [0.1, 0.15) is 0 Å². The lowest BCUT2D eigenvalue weighted by molar-refractivity contribution is -0.143. The minimum atomic E-state index is -0.509. The summed E-state index contributed by atoms with van der Waals surface area (Å²) in [6.07, 6.45) is 7.44. The van der Waals surface area contributed by atoms with Crippen LogP contribution in [0.5, 0.6) is 0 Å². The van der Waals surface area contributed by atoms with E-state index in [0.717, 1.165) is 38.6 Å². The number of carbonyl (C=O) groups excluding carboxylic acids is 2. The first kappa shape index (κ1) is 18.4. The molecule has 8 nitrogen and oxygen atoms in total. The normalized spacial score (nSPS) is 30.0. The zero-order valence-electron chi connectivity index (χ0n) is 15.9. The quantitative estimate of drug-likeness (QED) is 0.809. The summed E-state index contributed by atoms with van der Waals surface area (Å²) in [7, 11) is 2.06. The maximum absolute atomic E-state index is 13.5. The summed E-state index contributed by atoms with van der Waals surface area (Å²) in [6.45, 7) is 3.67. The van der Waals surface area contributed by atoms with E-state index in [-0.39, 0.29) is 23.9 Å². The minimum absolute atomic E-state index is 0.108. The van der Waals surface area contributed by atoms with Crippen LogP contribution in [0.15, 0.2) is 12.4 Å². The fourth-order valence-electron chi connectivity index (χ4n) is 4.84. The number of carbonyl (C=O) groups is 2. The molecule has 2 amide bonds. The molecule has 3 aliphatic heterocycles. The first-order valence-corrected chi connectivity index (χ1v) is 9.98. The van der Waals surface area contributed by atoms with E-state index >= 15 is 0 Å². The molecule has 0 spiro atoms. The number of aromatic nitrogens is 2. The number of rotatable bonds is 3. The number of likely N-dealkylation sites (N-methyl/N-ethyl adjacent to an activating group) is 1.